The Balaban J connectivity index is 1.90. The van der Waals surface area contributed by atoms with Crippen molar-refractivity contribution in [3.8, 4) is 0 Å². The lowest BCUT2D eigenvalue weighted by atomic mass is 9.93. The fourth-order valence-electron chi connectivity index (χ4n) is 2.75. The van der Waals surface area contributed by atoms with Crippen LogP contribution in [0, 0.1) is 5.92 Å². The number of amides is 1. The van der Waals surface area contributed by atoms with Gasteiger partial charge in [-0.2, -0.15) is 0 Å². The molecule has 1 amide bonds. The number of carbonyl (C=O) groups excluding carboxylic acids is 1. The van der Waals surface area contributed by atoms with Crippen LogP contribution in [-0.2, 0) is 11.2 Å². The second kappa shape index (κ2) is 7.22. The van der Waals surface area contributed by atoms with Crippen molar-refractivity contribution >= 4 is 11.9 Å². The minimum Gasteiger partial charge on any atom is -0.481 e. The number of hydrogen-bond acceptors (Lipinski definition) is 3. The number of nitrogens with zero attached hydrogens (tertiary/aromatic N) is 1. The highest BCUT2D eigenvalue weighted by molar-refractivity contribution is 5.94. The first-order chi connectivity index (χ1) is 10.1. The lowest BCUT2D eigenvalue weighted by Crippen LogP contribution is -2.38. The number of rotatable bonds is 5. The molecule has 0 unspecified atom stereocenters. The summed E-state index contributed by atoms with van der Waals surface area (Å²) in [6.07, 6.45) is 2.55. The summed E-state index contributed by atoms with van der Waals surface area (Å²) >= 11 is 0. The SMILES string of the molecule is NCCc1ccc(C(=O)N2CCC(CC(=O)O)CC2)cc1. The Morgan fingerprint density at radius 2 is 1.81 bits per heavy atom. The number of likely N-dealkylation sites (tertiary alicyclic amines) is 1. The smallest absolute Gasteiger partial charge is 0.303 e. The number of piperidine rings is 1. The van der Waals surface area contributed by atoms with E-state index < -0.39 is 5.97 Å². The maximum absolute atomic E-state index is 12.4. The van der Waals surface area contributed by atoms with Gasteiger partial charge in [0.25, 0.3) is 5.91 Å². The molecule has 1 aromatic carbocycles. The molecular weight excluding hydrogens is 268 g/mol. The normalized spacial score (nSPS) is 16.0. The molecule has 0 aromatic heterocycles. The monoisotopic (exact) mass is 290 g/mol. The molecular formula is C16H22N2O3. The Labute approximate surface area is 124 Å². The fraction of sp³-hybridized carbons (Fsp3) is 0.500. The molecule has 3 N–H and O–H groups in total. The lowest BCUT2D eigenvalue weighted by Gasteiger charge is -2.31. The second-order valence-electron chi connectivity index (χ2n) is 5.57. The standard InChI is InChI=1S/C16H22N2O3/c17-8-5-12-1-3-14(4-2-12)16(21)18-9-6-13(7-10-18)11-15(19)20/h1-4,13H,5-11,17H2,(H,19,20). The van der Waals surface area contributed by atoms with E-state index in [1.165, 1.54) is 0 Å². The molecule has 5 heteroatoms. The molecule has 0 atom stereocenters. The molecule has 0 saturated carbocycles. The first-order valence-corrected chi connectivity index (χ1v) is 7.40. The third-order valence-electron chi connectivity index (χ3n) is 4.00. The van der Waals surface area contributed by atoms with Gasteiger partial charge in [-0.25, -0.2) is 0 Å². The average Bonchev–Trinajstić information content (AvgIpc) is 2.48. The largest absolute Gasteiger partial charge is 0.481 e. The zero-order chi connectivity index (χ0) is 15.2. The van der Waals surface area contributed by atoms with E-state index in [0.29, 0.717) is 25.2 Å². The van der Waals surface area contributed by atoms with Crippen LogP contribution in [0.1, 0.15) is 35.2 Å². The van der Waals surface area contributed by atoms with Gasteiger partial charge in [-0.3, -0.25) is 9.59 Å². The molecule has 0 bridgehead atoms. The summed E-state index contributed by atoms with van der Waals surface area (Å²) in [5.74, 6) is -0.531. The van der Waals surface area contributed by atoms with E-state index in [4.69, 9.17) is 10.8 Å². The minimum absolute atomic E-state index is 0.0306. The maximum Gasteiger partial charge on any atom is 0.303 e. The predicted octanol–water partition coefficient (Wildman–Crippen LogP) is 1.51. The van der Waals surface area contributed by atoms with Gasteiger partial charge in [0.2, 0.25) is 0 Å². The van der Waals surface area contributed by atoms with Crippen molar-refractivity contribution in [1.82, 2.24) is 4.90 Å². The zero-order valence-corrected chi connectivity index (χ0v) is 12.1. The number of carbonyl (C=O) groups is 2. The van der Waals surface area contributed by atoms with Gasteiger partial charge in [0.05, 0.1) is 0 Å². The van der Waals surface area contributed by atoms with Crippen molar-refractivity contribution in [3.63, 3.8) is 0 Å². The third kappa shape index (κ3) is 4.29. The van der Waals surface area contributed by atoms with Crippen LogP contribution in [0.3, 0.4) is 0 Å². The molecule has 1 aromatic rings. The quantitative estimate of drug-likeness (QED) is 0.861. The van der Waals surface area contributed by atoms with Crippen LogP contribution in [0.15, 0.2) is 24.3 Å². The van der Waals surface area contributed by atoms with Crippen molar-refractivity contribution in [3.05, 3.63) is 35.4 Å². The number of carboxylic acids is 1. The lowest BCUT2D eigenvalue weighted by molar-refractivity contribution is -0.138. The van der Waals surface area contributed by atoms with Gasteiger partial charge >= 0.3 is 5.97 Å². The van der Waals surface area contributed by atoms with Crippen molar-refractivity contribution in [2.45, 2.75) is 25.7 Å². The van der Waals surface area contributed by atoms with Gasteiger partial charge in [0.15, 0.2) is 0 Å². The summed E-state index contributed by atoms with van der Waals surface area (Å²) in [7, 11) is 0. The van der Waals surface area contributed by atoms with Crippen LogP contribution in [0.25, 0.3) is 0 Å². The minimum atomic E-state index is -0.754. The highest BCUT2D eigenvalue weighted by Crippen LogP contribution is 2.22. The first-order valence-electron chi connectivity index (χ1n) is 7.40. The van der Waals surface area contributed by atoms with E-state index in [1.54, 1.807) is 0 Å². The Morgan fingerprint density at radius 3 is 2.33 bits per heavy atom. The first kappa shape index (κ1) is 15.5. The van der Waals surface area contributed by atoms with Crippen molar-refractivity contribution in [1.29, 1.82) is 0 Å². The predicted molar refractivity (Wildman–Crippen MR) is 80.1 cm³/mol. The number of hydrogen-bond donors (Lipinski definition) is 2. The van der Waals surface area contributed by atoms with Crippen molar-refractivity contribution < 1.29 is 14.7 Å². The van der Waals surface area contributed by atoms with E-state index in [9.17, 15) is 9.59 Å². The third-order valence-corrected chi connectivity index (χ3v) is 4.00. The van der Waals surface area contributed by atoms with E-state index in [2.05, 4.69) is 0 Å². The molecule has 21 heavy (non-hydrogen) atoms. The summed E-state index contributed by atoms with van der Waals surface area (Å²) in [6.45, 7) is 1.88. The molecule has 0 aliphatic carbocycles. The molecule has 2 rings (SSSR count). The van der Waals surface area contributed by atoms with E-state index >= 15 is 0 Å². The number of aliphatic carboxylic acids is 1. The van der Waals surface area contributed by atoms with Crippen LogP contribution in [-0.4, -0.2) is 41.5 Å². The van der Waals surface area contributed by atoms with Gasteiger partial charge in [-0.1, -0.05) is 12.1 Å². The number of nitrogens with two attached hydrogens (primary N) is 1. The molecule has 114 valence electrons. The van der Waals surface area contributed by atoms with Crippen molar-refractivity contribution in [2.75, 3.05) is 19.6 Å². The summed E-state index contributed by atoms with van der Waals surface area (Å²) < 4.78 is 0. The molecule has 1 aliphatic rings. The average molecular weight is 290 g/mol. The molecule has 0 spiro atoms. The Morgan fingerprint density at radius 1 is 1.19 bits per heavy atom. The second-order valence-corrected chi connectivity index (χ2v) is 5.57. The van der Waals surface area contributed by atoms with Crippen LogP contribution in [0.4, 0.5) is 0 Å². The Bertz CT molecular complexity index is 491. The summed E-state index contributed by atoms with van der Waals surface area (Å²) in [5, 5.41) is 8.80. The Hall–Kier alpha value is -1.88. The zero-order valence-electron chi connectivity index (χ0n) is 12.1. The summed E-state index contributed by atoms with van der Waals surface area (Å²) in [6, 6.07) is 7.57. The summed E-state index contributed by atoms with van der Waals surface area (Å²) in [4.78, 5) is 24.9. The number of carboxylic acid groups (broad SMARTS) is 1. The highest BCUT2D eigenvalue weighted by Gasteiger charge is 2.24. The maximum atomic E-state index is 12.4. The summed E-state index contributed by atoms with van der Waals surface area (Å²) in [5.41, 5.74) is 7.33. The van der Waals surface area contributed by atoms with Gasteiger partial charge in [0, 0.05) is 25.1 Å². The topological polar surface area (TPSA) is 83.6 Å². The van der Waals surface area contributed by atoms with Crippen LogP contribution in [0.5, 0.6) is 0 Å². The molecule has 0 radical (unpaired) electrons. The van der Waals surface area contributed by atoms with E-state index in [1.807, 2.05) is 29.2 Å². The highest BCUT2D eigenvalue weighted by atomic mass is 16.4. The fourth-order valence-corrected chi connectivity index (χ4v) is 2.75. The Kier molecular flexibility index (Phi) is 5.33. The molecule has 1 fully saturated rings. The van der Waals surface area contributed by atoms with Crippen LogP contribution < -0.4 is 5.73 Å². The van der Waals surface area contributed by atoms with Gasteiger partial charge in [-0.05, 0) is 49.4 Å². The number of benzene rings is 1. The molecule has 5 nitrogen and oxygen atoms in total. The van der Waals surface area contributed by atoms with Crippen LogP contribution >= 0.6 is 0 Å². The van der Waals surface area contributed by atoms with Crippen molar-refractivity contribution in [2.24, 2.45) is 11.7 Å². The van der Waals surface area contributed by atoms with Gasteiger partial charge < -0.3 is 15.7 Å². The van der Waals surface area contributed by atoms with Crippen LogP contribution in [0.2, 0.25) is 0 Å². The van der Waals surface area contributed by atoms with E-state index in [0.717, 1.165) is 24.8 Å². The molecule has 1 heterocycles. The van der Waals surface area contributed by atoms with E-state index in [-0.39, 0.29) is 18.2 Å². The van der Waals surface area contributed by atoms with Gasteiger partial charge in [0.1, 0.15) is 0 Å². The molecule has 1 saturated heterocycles. The molecule has 1 aliphatic heterocycles. The van der Waals surface area contributed by atoms with Gasteiger partial charge in [-0.15, -0.1) is 0 Å².